The Labute approximate surface area is 141 Å². The van der Waals surface area contributed by atoms with Gasteiger partial charge in [-0.3, -0.25) is 14.5 Å². The Bertz CT molecular complexity index is 555. The Morgan fingerprint density at radius 1 is 1.25 bits per heavy atom. The number of carboxylic acids is 1. The van der Waals surface area contributed by atoms with Crippen molar-refractivity contribution in [3.05, 3.63) is 24.3 Å². The standard InChI is InChI=1S/C17H24N2O5/c1-3-19(10-17(21)22)13-8-12(9-13)18-16(20)11-24-15-6-4-14(23-2)5-7-15/h4-7,12-13H,3,8-11H2,1-2H3,(H,18,20)(H,21,22). The van der Waals surface area contributed by atoms with E-state index in [1.807, 2.05) is 11.8 Å². The number of rotatable bonds is 9. The van der Waals surface area contributed by atoms with Gasteiger partial charge in [-0.25, -0.2) is 0 Å². The second-order valence-corrected chi connectivity index (χ2v) is 5.81. The van der Waals surface area contributed by atoms with Crippen LogP contribution in [-0.4, -0.2) is 60.8 Å². The van der Waals surface area contributed by atoms with E-state index in [4.69, 9.17) is 14.6 Å². The van der Waals surface area contributed by atoms with Gasteiger partial charge < -0.3 is 19.9 Å². The van der Waals surface area contributed by atoms with E-state index in [0.29, 0.717) is 12.3 Å². The van der Waals surface area contributed by atoms with Gasteiger partial charge in [0.1, 0.15) is 11.5 Å². The molecule has 0 unspecified atom stereocenters. The van der Waals surface area contributed by atoms with Gasteiger partial charge in [0.25, 0.3) is 5.91 Å². The Hall–Kier alpha value is -2.28. The number of nitrogens with zero attached hydrogens (tertiary/aromatic N) is 1. The minimum atomic E-state index is -0.822. The summed E-state index contributed by atoms with van der Waals surface area (Å²) in [6, 6.07) is 7.34. The summed E-state index contributed by atoms with van der Waals surface area (Å²) in [4.78, 5) is 24.6. The summed E-state index contributed by atoms with van der Waals surface area (Å²) in [6.07, 6.45) is 1.55. The maximum Gasteiger partial charge on any atom is 0.317 e. The molecule has 7 nitrogen and oxygen atoms in total. The number of aliphatic carboxylic acids is 1. The molecule has 0 saturated heterocycles. The predicted octanol–water partition coefficient (Wildman–Crippen LogP) is 1.13. The van der Waals surface area contributed by atoms with Gasteiger partial charge in [0.2, 0.25) is 0 Å². The van der Waals surface area contributed by atoms with Crippen LogP contribution in [0, 0.1) is 0 Å². The van der Waals surface area contributed by atoms with Crippen LogP contribution in [0.1, 0.15) is 19.8 Å². The molecule has 0 atom stereocenters. The van der Waals surface area contributed by atoms with Crippen molar-refractivity contribution in [1.82, 2.24) is 10.2 Å². The lowest BCUT2D eigenvalue weighted by Crippen LogP contribution is -2.55. The van der Waals surface area contributed by atoms with E-state index in [-0.39, 0.29) is 31.1 Å². The number of carboxylic acid groups (broad SMARTS) is 1. The highest BCUT2D eigenvalue weighted by Crippen LogP contribution is 2.25. The number of amides is 1. The monoisotopic (exact) mass is 336 g/mol. The SMILES string of the molecule is CCN(CC(=O)O)C1CC(NC(=O)COc2ccc(OC)cc2)C1. The number of carbonyl (C=O) groups excluding carboxylic acids is 1. The number of carbonyl (C=O) groups is 2. The van der Waals surface area contributed by atoms with E-state index in [1.54, 1.807) is 31.4 Å². The highest BCUT2D eigenvalue weighted by molar-refractivity contribution is 5.78. The molecule has 7 heteroatoms. The summed E-state index contributed by atoms with van der Waals surface area (Å²) in [7, 11) is 1.59. The number of benzene rings is 1. The molecule has 0 aromatic heterocycles. The quantitative estimate of drug-likeness (QED) is 0.703. The Balaban J connectivity index is 1.67. The number of likely N-dealkylation sites (N-methyl/N-ethyl adjacent to an activating group) is 1. The van der Waals surface area contributed by atoms with E-state index in [1.165, 1.54) is 0 Å². The fourth-order valence-corrected chi connectivity index (χ4v) is 2.77. The van der Waals surface area contributed by atoms with Crippen LogP contribution in [0.3, 0.4) is 0 Å². The summed E-state index contributed by atoms with van der Waals surface area (Å²) in [5.74, 6) is 0.345. The second-order valence-electron chi connectivity index (χ2n) is 5.81. The highest BCUT2D eigenvalue weighted by Gasteiger charge is 2.34. The first kappa shape index (κ1) is 18.1. The third-order valence-corrected chi connectivity index (χ3v) is 4.17. The summed E-state index contributed by atoms with van der Waals surface area (Å²) in [5.41, 5.74) is 0. The molecule has 0 radical (unpaired) electrons. The number of ether oxygens (including phenoxy) is 2. The number of methoxy groups -OCH3 is 1. The lowest BCUT2D eigenvalue weighted by atomic mass is 9.85. The van der Waals surface area contributed by atoms with Crippen LogP contribution in [0.4, 0.5) is 0 Å². The molecule has 0 bridgehead atoms. The molecule has 1 saturated carbocycles. The topological polar surface area (TPSA) is 88.1 Å². The summed E-state index contributed by atoms with van der Waals surface area (Å²) >= 11 is 0. The molecule has 1 aromatic rings. The first-order valence-corrected chi connectivity index (χ1v) is 8.03. The number of hydrogen-bond acceptors (Lipinski definition) is 5. The van der Waals surface area contributed by atoms with Crippen molar-refractivity contribution in [1.29, 1.82) is 0 Å². The van der Waals surface area contributed by atoms with E-state index < -0.39 is 5.97 Å². The zero-order valence-electron chi connectivity index (χ0n) is 14.0. The van der Waals surface area contributed by atoms with Crippen LogP contribution in [0.15, 0.2) is 24.3 Å². The molecule has 2 N–H and O–H groups in total. The number of hydrogen-bond donors (Lipinski definition) is 2. The molecule has 1 aromatic carbocycles. The zero-order chi connectivity index (χ0) is 17.5. The smallest absolute Gasteiger partial charge is 0.317 e. The fourth-order valence-electron chi connectivity index (χ4n) is 2.77. The van der Waals surface area contributed by atoms with Gasteiger partial charge in [0, 0.05) is 12.1 Å². The first-order valence-electron chi connectivity index (χ1n) is 8.03. The van der Waals surface area contributed by atoms with Gasteiger partial charge in [-0.1, -0.05) is 6.92 Å². The third kappa shape index (κ3) is 5.13. The van der Waals surface area contributed by atoms with Crippen molar-refractivity contribution in [2.24, 2.45) is 0 Å². The van der Waals surface area contributed by atoms with Crippen molar-refractivity contribution < 1.29 is 24.2 Å². The maximum absolute atomic E-state index is 11.9. The van der Waals surface area contributed by atoms with Crippen molar-refractivity contribution in [3.8, 4) is 11.5 Å². The van der Waals surface area contributed by atoms with Gasteiger partial charge in [0.15, 0.2) is 6.61 Å². The van der Waals surface area contributed by atoms with E-state index >= 15 is 0 Å². The lowest BCUT2D eigenvalue weighted by molar-refractivity contribution is -0.139. The molecule has 0 aliphatic heterocycles. The minimum absolute atomic E-state index is 0.0416. The molecular formula is C17H24N2O5. The first-order chi connectivity index (χ1) is 11.5. The van der Waals surface area contributed by atoms with E-state index in [0.717, 1.165) is 18.6 Å². The van der Waals surface area contributed by atoms with Crippen LogP contribution in [0.5, 0.6) is 11.5 Å². The van der Waals surface area contributed by atoms with E-state index in [9.17, 15) is 9.59 Å². The van der Waals surface area contributed by atoms with Gasteiger partial charge in [-0.15, -0.1) is 0 Å². The lowest BCUT2D eigenvalue weighted by Gasteiger charge is -2.42. The second kappa shape index (κ2) is 8.54. The zero-order valence-corrected chi connectivity index (χ0v) is 14.0. The largest absolute Gasteiger partial charge is 0.497 e. The molecule has 0 spiro atoms. The van der Waals surface area contributed by atoms with Crippen molar-refractivity contribution in [3.63, 3.8) is 0 Å². The molecule has 24 heavy (non-hydrogen) atoms. The predicted molar refractivity (Wildman–Crippen MR) is 88.3 cm³/mol. The Kier molecular flexibility index (Phi) is 6.43. The Morgan fingerprint density at radius 3 is 2.42 bits per heavy atom. The molecule has 1 aliphatic carbocycles. The van der Waals surface area contributed by atoms with Crippen molar-refractivity contribution in [2.75, 3.05) is 26.8 Å². The van der Waals surface area contributed by atoms with Crippen LogP contribution in [-0.2, 0) is 9.59 Å². The Morgan fingerprint density at radius 2 is 1.88 bits per heavy atom. The molecule has 1 fully saturated rings. The van der Waals surface area contributed by atoms with E-state index in [2.05, 4.69) is 5.32 Å². The van der Waals surface area contributed by atoms with Gasteiger partial charge in [0.05, 0.1) is 13.7 Å². The molecular weight excluding hydrogens is 312 g/mol. The average Bonchev–Trinajstić information content (AvgIpc) is 2.54. The summed E-state index contributed by atoms with van der Waals surface area (Å²) < 4.78 is 10.5. The van der Waals surface area contributed by atoms with Crippen LogP contribution < -0.4 is 14.8 Å². The number of nitrogens with one attached hydrogen (secondary N) is 1. The maximum atomic E-state index is 11.9. The van der Waals surface area contributed by atoms with Crippen LogP contribution in [0.25, 0.3) is 0 Å². The van der Waals surface area contributed by atoms with Crippen LogP contribution in [0.2, 0.25) is 0 Å². The highest BCUT2D eigenvalue weighted by atomic mass is 16.5. The molecule has 1 amide bonds. The average molecular weight is 336 g/mol. The summed E-state index contributed by atoms with van der Waals surface area (Å²) in [5, 5.41) is 11.8. The molecule has 132 valence electrons. The third-order valence-electron chi connectivity index (χ3n) is 4.17. The summed E-state index contributed by atoms with van der Waals surface area (Å²) in [6.45, 7) is 2.64. The van der Waals surface area contributed by atoms with Crippen molar-refractivity contribution in [2.45, 2.75) is 31.8 Å². The van der Waals surface area contributed by atoms with Crippen molar-refractivity contribution >= 4 is 11.9 Å². The van der Waals surface area contributed by atoms with Gasteiger partial charge >= 0.3 is 5.97 Å². The molecule has 0 heterocycles. The van der Waals surface area contributed by atoms with Gasteiger partial charge in [-0.2, -0.15) is 0 Å². The van der Waals surface area contributed by atoms with Gasteiger partial charge in [-0.05, 0) is 43.7 Å². The molecule has 2 rings (SSSR count). The fraction of sp³-hybridized carbons (Fsp3) is 0.529. The minimum Gasteiger partial charge on any atom is -0.497 e. The van der Waals surface area contributed by atoms with Crippen LogP contribution >= 0.6 is 0 Å². The molecule has 1 aliphatic rings. The normalized spacial score (nSPS) is 19.5.